The summed E-state index contributed by atoms with van der Waals surface area (Å²) in [6, 6.07) is 0.204. The van der Waals surface area contributed by atoms with Crippen molar-refractivity contribution in [1.29, 1.82) is 0 Å². The first-order valence-corrected chi connectivity index (χ1v) is 8.54. The molecule has 1 N–H and O–H groups in total. The smallest absolute Gasteiger partial charge is 0.322 e. The number of carbonyl (C=O) groups is 1. The van der Waals surface area contributed by atoms with Gasteiger partial charge in [-0.1, -0.05) is 20.8 Å². The minimum atomic E-state index is -0.168. The number of rotatable bonds is 8. The molecule has 1 heterocycles. The van der Waals surface area contributed by atoms with Gasteiger partial charge in [-0.3, -0.25) is 4.79 Å². The molecule has 4 heteroatoms. The van der Waals surface area contributed by atoms with Crippen molar-refractivity contribution in [1.82, 2.24) is 10.2 Å². The largest absolute Gasteiger partial charge is 0.468 e. The maximum atomic E-state index is 11.9. The number of hydrogen-bond acceptors (Lipinski definition) is 4. The van der Waals surface area contributed by atoms with Crippen molar-refractivity contribution in [2.75, 3.05) is 26.7 Å². The van der Waals surface area contributed by atoms with Gasteiger partial charge >= 0.3 is 5.97 Å². The molecule has 21 heavy (non-hydrogen) atoms. The fraction of sp³-hybridized carbons (Fsp3) is 0.941. The molecule has 2 unspecified atom stereocenters. The van der Waals surface area contributed by atoms with Crippen molar-refractivity contribution < 1.29 is 9.53 Å². The lowest BCUT2D eigenvalue weighted by Crippen LogP contribution is -2.49. The van der Waals surface area contributed by atoms with E-state index >= 15 is 0 Å². The lowest BCUT2D eigenvalue weighted by molar-refractivity contribution is -0.144. The van der Waals surface area contributed by atoms with E-state index in [1.165, 1.54) is 46.0 Å². The van der Waals surface area contributed by atoms with Crippen LogP contribution in [0.4, 0.5) is 0 Å². The number of esters is 1. The summed E-state index contributed by atoms with van der Waals surface area (Å²) in [5, 5.41) is 3.52. The Morgan fingerprint density at radius 2 is 1.90 bits per heavy atom. The number of carbonyl (C=O) groups excluding carboxylic acids is 1. The molecule has 0 saturated carbocycles. The molecule has 124 valence electrons. The Bertz CT molecular complexity index is 299. The van der Waals surface area contributed by atoms with E-state index in [0.29, 0.717) is 17.9 Å². The van der Waals surface area contributed by atoms with Crippen LogP contribution in [0.5, 0.6) is 0 Å². The van der Waals surface area contributed by atoms with Crippen molar-refractivity contribution in [3.8, 4) is 0 Å². The zero-order valence-electron chi connectivity index (χ0n) is 14.5. The molecule has 0 spiro atoms. The summed E-state index contributed by atoms with van der Waals surface area (Å²) in [4.78, 5) is 14.5. The molecule has 0 bridgehead atoms. The van der Waals surface area contributed by atoms with E-state index in [1.807, 2.05) is 0 Å². The maximum absolute atomic E-state index is 11.9. The van der Waals surface area contributed by atoms with Gasteiger partial charge in [0.2, 0.25) is 0 Å². The van der Waals surface area contributed by atoms with Crippen molar-refractivity contribution >= 4 is 5.97 Å². The number of piperidine rings is 1. The van der Waals surface area contributed by atoms with Crippen LogP contribution < -0.4 is 5.32 Å². The third-order valence-corrected chi connectivity index (χ3v) is 4.54. The van der Waals surface area contributed by atoms with Crippen LogP contribution in [0.25, 0.3) is 0 Å². The summed E-state index contributed by atoms with van der Waals surface area (Å²) in [5.74, 6) is 1.02. The van der Waals surface area contributed by atoms with Gasteiger partial charge in [-0.25, -0.2) is 0 Å². The van der Waals surface area contributed by atoms with Crippen LogP contribution in [-0.2, 0) is 9.53 Å². The van der Waals surface area contributed by atoms with Crippen LogP contribution in [0, 0.1) is 11.8 Å². The number of nitrogens with zero attached hydrogens (tertiary/aromatic N) is 1. The molecule has 1 rings (SSSR count). The summed E-state index contributed by atoms with van der Waals surface area (Å²) in [7, 11) is 1.48. The van der Waals surface area contributed by atoms with Gasteiger partial charge < -0.3 is 15.0 Å². The SMILES string of the molecule is CCCN1CCC(C(C)NC(CC(C)C)C(=O)OC)CC1. The highest BCUT2D eigenvalue weighted by Crippen LogP contribution is 2.21. The second-order valence-electron chi connectivity index (χ2n) is 6.84. The lowest BCUT2D eigenvalue weighted by atomic mass is 9.89. The molecule has 0 aliphatic carbocycles. The predicted octanol–water partition coefficient (Wildman–Crippen LogP) is 2.67. The highest BCUT2D eigenvalue weighted by molar-refractivity contribution is 5.75. The molecular weight excluding hydrogens is 264 g/mol. The zero-order chi connectivity index (χ0) is 15.8. The molecule has 0 aromatic carbocycles. The molecular formula is C17H34N2O2. The Kier molecular flexibility index (Phi) is 8.27. The predicted molar refractivity (Wildman–Crippen MR) is 87.3 cm³/mol. The van der Waals surface area contributed by atoms with Gasteiger partial charge in [0.1, 0.15) is 6.04 Å². The van der Waals surface area contributed by atoms with E-state index in [9.17, 15) is 4.79 Å². The lowest BCUT2D eigenvalue weighted by Gasteiger charge is -2.36. The van der Waals surface area contributed by atoms with Gasteiger partial charge in [-0.05, 0) is 64.1 Å². The molecule has 0 amide bonds. The number of hydrogen-bond donors (Lipinski definition) is 1. The highest BCUT2D eigenvalue weighted by atomic mass is 16.5. The molecule has 1 saturated heterocycles. The number of methoxy groups -OCH3 is 1. The molecule has 0 aromatic heterocycles. The van der Waals surface area contributed by atoms with Gasteiger partial charge in [0.15, 0.2) is 0 Å². The number of likely N-dealkylation sites (tertiary alicyclic amines) is 1. The fourth-order valence-electron chi connectivity index (χ4n) is 3.29. The number of nitrogens with one attached hydrogen (secondary N) is 1. The first-order chi connectivity index (χ1) is 9.97. The van der Waals surface area contributed by atoms with Crippen LogP contribution in [0.1, 0.15) is 53.4 Å². The summed E-state index contributed by atoms with van der Waals surface area (Å²) in [6.45, 7) is 12.3. The average Bonchev–Trinajstić information content (AvgIpc) is 2.46. The summed E-state index contributed by atoms with van der Waals surface area (Å²) < 4.78 is 4.94. The van der Waals surface area contributed by atoms with E-state index in [-0.39, 0.29) is 12.0 Å². The van der Waals surface area contributed by atoms with E-state index in [1.54, 1.807) is 0 Å². The quantitative estimate of drug-likeness (QED) is 0.700. The molecule has 1 aliphatic heterocycles. The minimum absolute atomic E-state index is 0.126. The Labute approximate surface area is 130 Å². The van der Waals surface area contributed by atoms with Crippen molar-refractivity contribution in [2.24, 2.45) is 11.8 Å². The van der Waals surface area contributed by atoms with Crippen LogP contribution in [0.15, 0.2) is 0 Å². The van der Waals surface area contributed by atoms with Gasteiger partial charge in [0.25, 0.3) is 0 Å². The van der Waals surface area contributed by atoms with Gasteiger partial charge in [-0.15, -0.1) is 0 Å². The molecule has 4 nitrogen and oxygen atoms in total. The first kappa shape index (κ1) is 18.4. The van der Waals surface area contributed by atoms with E-state index < -0.39 is 0 Å². The van der Waals surface area contributed by atoms with Crippen molar-refractivity contribution in [2.45, 2.75) is 65.5 Å². The third-order valence-electron chi connectivity index (χ3n) is 4.54. The second-order valence-corrected chi connectivity index (χ2v) is 6.84. The van der Waals surface area contributed by atoms with Gasteiger partial charge in [0.05, 0.1) is 7.11 Å². The van der Waals surface area contributed by atoms with E-state index in [2.05, 4.69) is 37.9 Å². The Morgan fingerprint density at radius 3 is 2.38 bits per heavy atom. The zero-order valence-corrected chi connectivity index (χ0v) is 14.5. The van der Waals surface area contributed by atoms with Crippen LogP contribution in [-0.4, -0.2) is 49.7 Å². The standard InChI is InChI=1S/C17H34N2O2/c1-6-9-19-10-7-15(8-11-19)14(4)18-16(12-13(2)3)17(20)21-5/h13-16,18H,6-12H2,1-5H3. The summed E-state index contributed by atoms with van der Waals surface area (Å²) >= 11 is 0. The Balaban J connectivity index is 2.46. The first-order valence-electron chi connectivity index (χ1n) is 8.54. The fourth-order valence-corrected chi connectivity index (χ4v) is 3.29. The Hall–Kier alpha value is -0.610. The van der Waals surface area contributed by atoms with Gasteiger partial charge in [0, 0.05) is 6.04 Å². The monoisotopic (exact) mass is 298 g/mol. The molecule has 2 atom stereocenters. The van der Waals surface area contributed by atoms with Crippen LogP contribution in [0.3, 0.4) is 0 Å². The molecule has 0 aromatic rings. The summed E-state index contributed by atoms with van der Waals surface area (Å²) in [6.07, 6.45) is 4.52. The van der Waals surface area contributed by atoms with E-state index in [4.69, 9.17) is 4.74 Å². The van der Waals surface area contributed by atoms with Crippen LogP contribution >= 0.6 is 0 Å². The van der Waals surface area contributed by atoms with Crippen molar-refractivity contribution in [3.05, 3.63) is 0 Å². The highest BCUT2D eigenvalue weighted by Gasteiger charge is 2.28. The third kappa shape index (κ3) is 6.35. The summed E-state index contributed by atoms with van der Waals surface area (Å²) in [5.41, 5.74) is 0. The van der Waals surface area contributed by atoms with Gasteiger partial charge in [-0.2, -0.15) is 0 Å². The maximum Gasteiger partial charge on any atom is 0.322 e. The van der Waals surface area contributed by atoms with Crippen LogP contribution in [0.2, 0.25) is 0 Å². The average molecular weight is 298 g/mol. The molecule has 0 radical (unpaired) electrons. The topological polar surface area (TPSA) is 41.6 Å². The number of ether oxygens (including phenoxy) is 1. The minimum Gasteiger partial charge on any atom is -0.468 e. The molecule has 1 fully saturated rings. The van der Waals surface area contributed by atoms with E-state index in [0.717, 1.165) is 6.42 Å². The van der Waals surface area contributed by atoms with Crippen molar-refractivity contribution in [3.63, 3.8) is 0 Å². The second kappa shape index (κ2) is 9.42. The normalized spacial score (nSPS) is 20.5. The molecule has 1 aliphatic rings. The Morgan fingerprint density at radius 1 is 1.29 bits per heavy atom.